The number of ether oxygens (including phenoxy) is 1. The molecule has 0 saturated carbocycles. The number of hydrogen-bond acceptors (Lipinski definition) is 7. The molecule has 11 heteroatoms. The zero-order valence-electron chi connectivity index (χ0n) is 21.0. The summed E-state index contributed by atoms with van der Waals surface area (Å²) < 4.78 is 6.99. The van der Waals surface area contributed by atoms with Crippen molar-refractivity contribution in [1.82, 2.24) is 24.6 Å². The topological polar surface area (TPSA) is 88.4 Å². The van der Waals surface area contributed by atoms with E-state index in [0.717, 1.165) is 50.1 Å². The second-order valence-electron chi connectivity index (χ2n) is 9.82. The molecule has 3 aromatic rings. The van der Waals surface area contributed by atoms with Crippen LogP contribution in [0.2, 0.25) is 10.0 Å². The van der Waals surface area contributed by atoms with Gasteiger partial charge in [0.15, 0.2) is 11.3 Å². The van der Waals surface area contributed by atoms with Crippen LogP contribution in [0.1, 0.15) is 31.4 Å². The molecule has 9 nitrogen and oxygen atoms in total. The Morgan fingerprint density at radius 2 is 2.08 bits per heavy atom. The maximum atomic E-state index is 12.3. The van der Waals surface area contributed by atoms with Crippen molar-refractivity contribution in [1.29, 1.82) is 0 Å². The number of nitrogens with zero attached hydrogens (tertiary/aromatic N) is 6. The maximum absolute atomic E-state index is 12.3. The summed E-state index contributed by atoms with van der Waals surface area (Å²) >= 11 is 12.5. The minimum atomic E-state index is -0.253. The second-order valence-corrected chi connectivity index (χ2v) is 10.7. The first-order valence-corrected chi connectivity index (χ1v) is 13.3. The number of rotatable bonds is 7. The lowest BCUT2D eigenvalue weighted by molar-refractivity contribution is 0.0772. The van der Waals surface area contributed by atoms with Gasteiger partial charge in [-0.2, -0.15) is 10.1 Å². The summed E-state index contributed by atoms with van der Waals surface area (Å²) in [7, 11) is 1.87. The minimum absolute atomic E-state index is 0.115. The zero-order chi connectivity index (χ0) is 26.1. The predicted molar refractivity (Wildman–Crippen MR) is 146 cm³/mol. The number of carbonyl (C=O) groups excluding carboxylic acids is 1. The number of anilines is 2. The zero-order valence-corrected chi connectivity index (χ0v) is 22.5. The van der Waals surface area contributed by atoms with Gasteiger partial charge in [0, 0.05) is 43.3 Å². The van der Waals surface area contributed by atoms with Crippen LogP contribution in [-0.2, 0) is 11.8 Å². The largest absolute Gasteiger partial charge is 0.445 e. The van der Waals surface area contributed by atoms with Gasteiger partial charge in [0.05, 0.1) is 12.2 Å². The highest BCUT2D eigenvalue weighted by Gasteiger charge is 2.38. The van der Waals surface area contributed by atoms with E-state index in [9.17, 15) is 4.79 Å². The van der Waals surface area contributed by atoms with E-state index in [1.54, 1.807) is 16.8 Å². The van der Waals surface area contributed by atoms with E-state index in [2.05, 4.69) is 21.9 Å². The highest BCUT2D eigenvalue weighted by molar-refractivity contribution is 6.35. The number of fused-ring (bicyclic) bond motifs is 1. The van der Waals surface area contributed by atoms with Crippen LogP contribution < -0.4 is 10.2 Å². The summed E-state index contributed by atoms with van der Waals surface area (Å²) in [5.74, 6) is 2.25. The fourth-order valence-electron chi connectivity index (χ4n) is 5.15. The van der Waals surface area contributed by atoms with E-state index in [4.69, 9.17) is 37.9 Å². The number of piperidine rings is 1. The molecule has 37 heavy (non-hydrogen) atoms. The summed E-state index contributed by atoms with van der Waals surface area (Å²) in [4.78, 5) is 26.0. The Balaban J connectivity index is 1.29. The normalized spacial score (nSPS) is 19.0. The minimum Gasteiger partial charge on any atom is -0.445 e. The molecule has 2 saturated heterocycles. The van der Waals surface area contributed by atoms with Gasteiger partial charge in [-0.25, -0.2) is 9.78 Å². The number of carbonyl (C=O) groups is 1. The molecule has 2 aromatic heterocycles. The second kappa shape index (κ2) is 10.8. The van der Waals surface area contributed by atoms with Crippen LogP contribution in [-0.4, -0.2) is 63.5 Å². The van der Waals surface area contributed by atoms with Gasteiger partial charge in [0.2, 0.25) is 5.95 Å². The van der Waals surface area contributed by atoms with Crippen LogP contribution in [0, 0.1) is 11.8 Å². The first-order chi connectivity index (χ1) is 17.8. The number of halogens is 2. The lowest BCUT2D eigenvalue weighted by Crippen LogP contribution is -2.54. The van der Waals surface area contributed by atoms with E-state index < -0.39 is 0 Å². The third-order valence-corrected chi connectivity index (χ3v) is 7.71. The molecule has 0 radical (unpaired) electrons. The Hall–Kier alpha value is -3.04. The van der Waals surface area contributed by atoms with Crippen molar-refractivity contribution in [3.8, 4) is 0 Å². The van der Waals surface area contributed by atoms with Gasteiger partial charge in [-0.1, -0.05) is 41.9 Å². The summed E-state index contributed by atoms with van der Waals surface area (Å²) in [6, 6.07) is 5.37. The molecule has 0 spiro atoms. The van der Waals surface area contributed by atoms with Crippen LogP contribution in [0.25, 0.3) is 11.0 Å². The first kappa shape index (κ1) is 25.6. The van der Waals surface area contributed by atoms with Crippen LogP contribution in [0.3, 0.4) is 0 Å². The van der Waals surface area contributed by atoms with Crippen molar-refractivity contribution in [3.63, 3.8) is 0 Å². The van der Waals surface area contributed by atoms with Gasteiger partial charge in [-0.3, -0.25) is 4.68 Å². The van der Waals surface area contributed by atoms with Crippen LogP contribution in [0.5, 0.6) is 0 Å². The molecule has 2 fully saturated rings. The van der Waals surface area contributed by atoms with Crippen molar-refractivity contribution < 1.29 is 9.53 Å². The molecular formula is C26H31Cl2N7O2. The monoisotopic (exact) mass is 543 g/mol. The smallest absolute Gasteiger partial charge is 0.410 e. The van der Waals surface area contributed by atoms with Gasteiger partial charge in [-0.05, 0) is 49.3 Å². The number of nitrogens with one attached hydrogen (secondary N) is 1. The van der Waals surface area contributed by atoms with Gasteiger partial charge >= 0.3 is 6.09 Å². The molecule has 5 rings (SSSR count). The summed E-state index contributed by atoms with van der Waals surface area (Å²) in [5.41, 5.74) is 2.41. The average Bonchev–Trinajstić information content (AvgIpc) is 3.22. The Morgan fingerprint density at radius 3 is 2.84 bits per heavy atom. The fraction of sp³-hybridized carbons (Fsp3) is 0.462. The Kier molecular flexibility index (Phi) is 7.44. The lowest BCUT2D eigenvalue weighted by Gasteiger charge is -2.46. The molecule has 0 unspecified atom stereocenters. The third kappa shape index (κ3) is 5.48. The van der Waals surface area contributed by atoms with Crippen molar-refractivity contribution >= 4 is 52.1 Å². The van der Waals surface area contributed by atoms with Gasteiger partial charge < -0.3 is 19.9 Å². The molecule has 196 valence electrons. The number of benzene rings is 1. The number of aromatic nitrogens is 4. The molecule has 1 N–H and O–H groups in total. The van der Waals surface area contributed by atoms with Gasteiger partial charge in [0.1, 0.15) is 12.1 Å². The fourth-order valence-corrected chi connectivity index (χ4v) is 5.72. The summed E-state index contributed by atoms with van der Waals surface area (Å²) in [5, 5.41) is 9.25. The van der Waals surface area contributed by atoms with Crippen molar-refractivity contribution in [2.24, 2.45) is 18.9 Å². The maximum Gasteiger partial charge on any atom is 0.410 e. The number of amides is 1. The van der Waals surface area contributed by atoms with E-state index in [-0.39, 0.29) is 18.7 Å². The third-order valence-electron chi connectivity index (χ3n) is 7.15. The number of likely N-dealkylation sites (tertiary alicyclic amines) is 1. The van der Waals surface area contributed by atoms with Crippen LogP contribution in [0.15, 0.2) is 37.1 Å². The molecule has 1 aromatic carbocycles. The SMILES string of the molecule is C=CCOC(=O)N1CCC[C@H](C2CN(c3nc(N[C@H](C)c4ccc(Cl)cc4Cl)c4nn(C)cc4n3)C2)C1. The summed E-state index contributed by atoms with van der Waals surface area (Å²) in [6.07, 6.45) is 5.34. The average molecular weight is 544 g/mol. The van der Waals surface area contributed by atoms with Gasteiger partial charge in [0.25, 0.3) is 0 Å². The van der Waals surface area contributed by atoms with Crippen LogP contribution >= 0.6 is 23.2 Å². The first-order valence-electron chi connectivity index (χ1n) is 12.5. The van der Waals surface area contributed by atoms with E-state index in [1.165, 1.54) is 0 Å². The Labute approximate surface area is 226 Å². The van der Waals surface area contributed by atoms with E-state index in [1.807, 2.05) is 37.2 Å². The highest BCUT2D eigenvalue weighted by Crippen LogP contribution is 2.35. The van der Waals surface area contributed by atoms with E-state index in [0.29, 0.717) is 39.2 Å². The van der Waals surface area contributed by atoms with Crippen molar-refractivity contribution in [2.45, 2.75) is 25.8 Å². The van der Waals surface area contributed by atoms with Crippen LogP contribution in [0.4, 0.5) is 16.6 Å². The quantitative estimate of drug-likeness (QED) is 0.403. The molecule has 4 heterocycles. The summed E-state index contributed by atoms with van der Waals surface area (Å²) in [6.45, 7) is 9.05. The molecule has 2 aliphatic rings. The molecule has 0 aliphatic carbocycles. The Bertz CT molecular complexity index is 1310. The van der Waals surface area contributed by atoms with Crippen molar-refractivity contribution in [3.05, 3.63) is 52.7 Å². The van der Waals surface area contributed by atoms with Gasteiger partial charge in [-0.15, -0.1) is 0 Å². The molecular weight excluding hydrogens is 513 g/mol. The molecule has 2 aliphatic heterocycles. The molecule has 0 bridgehead atoms. The lowest BCUT2D eigenvalue weighted by atomic mass is 9.81. The molecule has 2 atom stereocenters. The molecule has 1 amide bonds. The highest BCUT2D eigenvalue weighted by atomic mass is 35.5. The standard InChI is InChI=1S/C26H31Cl2N7O2/c1-4-10-37-26(36)34-9-5-6-17(12-34)18-13-35(14-18)25-30-22-15-33(3)32-23(22)24(31-25)29-16(2)20-8-7-19(27)11-21(20)28/h4,7-8,11,15-18H,1,5-6,9-10,12-14H2,2-3H3,(H,29,30,31)/t16-,17+/m1/s1. The Morgan fingerprint density at radius 1 is 1.27 bits per heavy atom. The number of aryl methyl sites for hydroxylation is 1. The predicted octanol–water partition coefficient (Wildman–Crippen LogP) is 5.31. The number of hydrogen-bond donors (Lipinski definition) is 1. The van der Waals surface area contributed by atoms with Crippen molar-refractivity contribution in [2.75, 3.05) is 43.0 Å². The van der Waals surface area contributed by atoms with E-state index >= 15 is 0 Å².